The molecule has 0 aliphatic heterocycles. The minimum absolute atomic E-state index is 0.250. The summed E-state index contributed by atoms with van der Waals surface area (Å²) in [6.45, 7) is 1.83. The van der Waals surface area contributed by atoms with Gasteiger partial charge in [0.1, 0.15) is 5.75 Å². The van der Waals surface area contributed by atoms with Crippen LogP contribution in [0.25, 0.3) is 0 Å². The highest BCUT2D eigenvalue weighted by molar-refractivity contribution is 5.47. The topological polar surface area (TPSA) is 80.4 Å². The minimum atomic E-state index is 0.250. The van der Waals surface area contributed by atoms with Gasteiger partial charge >= 0.3 is 6.15 Å². The van der Waals surface area contributed by atoms with Crippen molar-refractivity contribution < 1.29 is 14.7 Å². The van der Waals surface area contributed by atoms with E-state index in [4.69, 9.17) is 20.4 Å². The van der Waals surface area contributed by atoms with Crippen LogP contribution in [-0.4, -0.2) is 11.3 Å². The minimum Gasteiger partial charge on any atom is -0.508 e. The molecule has 4 nitrogen and oxygen atoms in total. The molecule has 0 aromatic heterocycles. The van der Waals surface area contributed by atoms with Gasteiger partial charge in [-0.25, -0.2) is 0 Å². The van der Waals surface area contributed by atoms with Gasteiger partial charge in [-0.1, -0.05) is 6.07 Å². The van der Waals surface area contributed by atoms with Crippen LogP contribution in [0.15, 0.2) is 18.2 Å². The molecule has 1 aromatic carbocycles. The first-order valence-corrected chi connectivity index (χ1v) is 3.16. The molecule has 0 saturated heterocycles. The Hall–Kier alpha value is -1.80. The Labute approximate surface area is 69.6 Å². The molecule has 0 bridgehead atoms. The van der Waals surface area contributed by atoms with Gasteiger partial charge in [0.15, 0.2) is 0 Å². The quantitative estimate of drug-likeness (QED) is 0.557. The number of phenolic OH excluding ortho intramolecular Hbond substituents is 1. The van der Waals surface area contributed by atoms with E-state index in [0.717, 1.165) is 5.56 Å². The summed E-state index contributed by atoms with van der Waals surface area (Å²) in [6.07, 6.45) is 0.250. The summed E-state index contributed by atoms with van der Waals surface area (Å²) in [4.78, 5) is 16.2. The van der Waals surface area contributed by atoms with E-state index >= 15 is 0 Å². The third kappa shape index (κ3) is 3.39. The van der Waals surface area contributed by atoms with Crippen LogP contribution in [0.2, 0.25) is 0 Å². The monoisotopic (exact) mass is 167 g/mol. The Morgan fingerprint density at radius 3 is 2.25 bits per heavy atom. The zero-order chi connectivity index (χ0) is 9.56. The van der Waals surface area contributed by atoms with Crippen molar-refractivity contribution in [2.75, 3.05) is 5.73 Å². The maximum absolute atomic E-state index is 9.02. The van der Waals surface area contributed by atoms with Gasteiger partial charge in [-0.05, 0) is 18.6 Å². The predicted octanol–water partition coefficient (Wildman–Crippen LogP) is 0.699. The third-order valence-corrected chi connectivity index (χ3v) is 1.23. The Balaban J connectivity index is 0.000000354. The normalized spacial score (nSPS) is 7.75. The van der Waals surface area contributed by atoms with Crippen LogP contribution >= 0.6 is 0 Å². The van der Waals surface area contributed by atoms with Crippen molar-refractivity contribution >= 4 is 11.8 Å². The number of phenols is 1. The van der Waals surface area contributed by atoms with Gasteiger partial charge in [0.05, 0.1) is 0 Å². The number of benzene rings is 1. The second-order valence-corrected chi connectivity index (χ2v) is 2.13. The molecule has 0 fully saturated rings. The summed E-state index contributed by atoms with van der Waals surface area (Å²) in [5.74, 6) is 0.259. The molecule has 0 aliphatic carbocycles. The molecule has 0 heterocycles. The van der Waals surface area contributed by atoms with Gasteiger partial charge in [0, 0.05) is 11.8 Å². The zero-order valence-corrected chi connectivity index (χ0v) is 6.57. The summed E-state index contributed by atoms with van der Waals surface area (Å²) in [5.41, 5.74) is 6.81. The van der Waals surface area contributed by atoms with Crippen LogP contribution in [0, 0.1) is 6.92 Å². The van der Waals surface area contributed by atoms with E-state index in [9.17, 15) is 0 Å². The van der Waals surface area contributed by atoms with Crippen molar-refractivity contribution in [3.05, 3.63) is 23.8 Å². The van der Waals surface area contributed by atoms with Gasteiger partial charge in [-0.2, -0.15) is 9.59 Å². The van der Waals surface area contributed by atoms with Gasteiger partial charge in [-0.3, -0.25) is 0 Å². The fourth-order valence-electron chi connectivity index (χ4n) is 0.626. The first kappa shape index (κ1) is 10.2. The molecule has 0 unspecified atom stereocenters. The summed E-state index contributed by atoms with van der Waals surface area (Å²) >= 11 is 0. The van der Waals surface area contributed by atoms with E-state index in [0.29, 0.717) is 5.69 Å². The lowest BCUT2D eigenvalue weighted by atomic mass is 10.2. The number of hydrogen-bond donors (Lipinski definition) is 2. The summed E-state index contributed by atoms with van der Waals surface area (Å²) in [7, 11) is 0. The Bertz CT molecular complexity index is 290. The van der Waals surface area contributed by atoms with Crippen LogP contribution < -0.4 is 5.73 Å². The molecule has 0 atom stereocenters. The molecule has 0 spiro atoms. The van der Waals surface area contributed by atoms with Crippen molar-refractivity contribution in [1.82, 2.24) is 0 Å². The van der Waals surface area contributed by atoms with E-state index < -0.39 is 0 Å². The molecule has 0 amide bonds. The Morgan fingerprint density at radius 1 is 1.42 bits per heavy atom. The summed E-state index contributed by atoms with van der Waals surface area (Å²) < 4.78 is 0. The van der Waals surface area contributed by atoms with E-state index in [1.54, 1.807) is 12.1 Å². The summed E-state index contributed by atoms with van der Waals surface area (Å²) in [6, 6.07) is 5.08. The second kappa shape index (κ2) is 4.93. The number of anilines is 1. The maximum Gasteiger partial charge on any atom is 0.373 e. The van der Waals surface area contributed by atoms with Crippen LogP contribution in [0.3, 0.4) is 0 Å². The van der Waals surface area contributed by atoms with Crippen LogP contribution in [0.5, 0.6) is 5.75 Å². The van der Waals surface area contributed by atoms with Crippen molar-refractivity contribution in [3.8, 4) is 5.75 Å². The van der Waals surface area contributed by atoms with E-state index in [1.165, 1.54) is 6.07 Å². The SMILES string of the molecule is Cc1ccc(N)cc1O.O=C=O. The van der Waals surface area contributed by atoms with Crippen molar-refractivity contribution in [1.29, 1.82) is 0 Å². The van der Waals surface area contributed by atoms with Crippen LogP contribution in [0.1, 0.15) is 5.56 Å². The van der Waals surface area contributed by atoms with Gasteiger partial charge in [0.2, 0.25) is 0 Å². The first-order chi connectivity index (χ1) is 5.61. The molecule has 12 heavy (non-hydrogen) atoms. The molecular weight excluding hydrogens is 158 g/mol. The Kier molecular flexibility index (Phi) is 4.19. The lowest BCUT2D eigenvalue weighted by Gasteiger charge is -1.97. The predicted molar refractivity (Wildman–Crippen MR) is 42.3 cm³/mol. The third-order valence-electron chi connectivity index (χ3n) is 1.23. The highest BCUT2D eigenvalue weighted by atomic mass is 16.3. The lowest BCUT2D eigenvalue weighted by molar-refractivity contribution is -0.191. The highest BCUT2D eigenvalue weighted by Crippen LogP contribution is 2.17. The average Bonchev–Trinajstić information content (AvgIpc) is 1.99. The second-order valence-electron chi connectivity index (χ2n) is 2.13. The number of aromatic hydroxyl groups is 1. The smallest absolute Gasteiger partial charge is 0.373 e. The lowest BCUT2D eigenvalue weighted by Crippen LogP contribution is -1.83. The van der Waals surface area contributed by atoms with Gasteiger partial charge in [0.25, 0.3) is 0 Å². The maximum atomic E-state index is 9.02. The van der Waals surface area contributed by atoms with Gasteiger partial charge in [-0.15, -0.1) is 0 Å². The van der Waals surface area contributed by atoms with E-state index in [-0.39, 0.29) is 11.9 Å². The number of rotatable bonds is 0. The molecule has 0 saturated carbocycles. The largest absolute Gasteiger partial charge is 0.508 e. The average molecular weight is 167 g/mol. The number of carbonyl (C=O) groups excluding carboxylic acids is 2. The number of nitrogens with two attached hydrogens (primary N) is 1. The number of hydrogen-bond acceptors (Lipinski definition) is 4. The zero-order valence-electron chi connectivity index (χ0n) is 6.57. The fraction of sp³-hybridized carbons (Fsp3) is 0.125. The first-order valence-electron chi connectivity index (χ1n) is 3.16. The molecular formula is C8H9NO3. The number of nitrogen functional groups attached to an aromatic ring is 1. The summed E-state index contributed by atoms with van der Waals surface area (Å²) in [5, 5.41) is 9.02. The van der Waals surface area contributed by atoms with Crippen molar-refractivity contribution in [2.24, 2.45) is 0 Å². The van der Waals surface area contributed by atoms with Crippen molar-refractivity contribution in [2.45, 2.75) is 6.92 Å². The standard InChI is InChI=1S/C7H9NO.CO2/c1-5-2-3-6(8)4-7(5)9;2-1-3/h2-4,9H,8H2,1H3;. The molecule has 0 aliphatic rings. The van der Waals surface area contributed by atoms with E-state index in [1.807, 2.05) is 6.92 Å². The van der Waals surface area contributed by atoms with Crippen molar-refractivity contribution in [3.63, 3.8) is 0 Å². The Morgan fingerprint density at radius 2 is 1.92 bits per heavy atom. The van der Waals surface area contributed by atoms with Gasteiger partial charge < -0.3 is 10.8 Å². The molecule has 1 rings (SSSR count). The molecule has 64 valence electrons. The van der Waals surface area contributed by atoms with E-state index in [2.05, 4.69) is 0 Å². The molecule has 1 aromatic rings. The fourth-order valence-corrected chi connectivity index (χ4v) is 0.626. The molecule has 3 N–H and O–H groups in total. The number of aryl methyl sites for hydroxylation is 1. The highest BCUT2D eigenvalue weighted by Gasteiger charge is 1.92. The van der Waals surface area contributed by atoms with Crippen LogP contribution in [0.4, 0.5) is 5.69 Å². The van der Waals surface area contributed by atoms with Crippen LogP contribution in [-0.2, 0) is 9.59 Å². The molecule has 4 heteroatoms. The molecule has 0 radical (unpaired) electrons.